The summed E-state index contributed by atoms with van der Waals surface area (Å²) in [6.45, 7) is 0.275. The summed E-state index contributed by atoms with van der Waals surface area (Å²) in [4.78, 5) is 24.2. The fraction of sp³-hybridized carbons (Fsp3) is 0.120. The van der Waals surface area contributed by atoms with Gasteiger partial charge in [0.2, 0.25) is 0 Å². The Bertz CT molecular complexity index is 1590. The van der Waals surface area contributed by atoms with E-state index in [-0.39, 0.29) is 24.2 Å². The third-order valence-electron chi connectivity index (χ3n) is 5.77. The summed E-state index contributed by atoms with van der Waals surface area (Å²) in [5.74, 6) is -1.48. The maximum Gasteiger partial charge on any atom is 0.416 e. The summed E-state index contributed by atoms with van der Waals surface area (Å²) >= 11 is 0. The van der Waals surface area contributed by atoms with Gasteiger partial charge in [-0.3, -0.25) is 9.48 Å². The molecule has 3 aromatic carbocycles. The van der Waals surface area contributed by atoms with Crippen molar-refractivity contribution in [1.82, 2.24) is 20.3 Å². The SMILES string of the molecule is O=C(O)c1ccc(CNC(=O)c2cc3oncc3c3cnn(Cc4ccc(C(F)(F)F)cc4)c23)cc1. The third kappa shape index (κ3) is 4.38. The van der Waals surface area contributed by atoms with Gasteiger partial charge in [0.1, 0.15) is 0 Å². The van der Waals surface area contributed by atoms with Crippen LogP contribution in [0.2, 0.25) is 0 Å². The third-order valence-corrected chi connectivity index (χ3v) is 5.77. The molecule has 0 bridgehead atoms. The standard InChI is InChI=1S/C25H17F3N4O4/c26-25(27,28)17-7-3-15(4-8-17)13-32-22-18(9-21-19(12-31-36-21)20(22)11-30-32)23(33)29-10-14-1-5-16(6-2-14)24(34)35/h1-9,11-12H,10,13H2,(H,29,33)(H,34,35). The molecule has 1 amide bonds. The van der Waals surface area contributed by atoms with Gasteiger partial charge in [0.15, 0.2) is 5.58 Å². The summed E-state index contributed by atoms with van der Waals surface area (Å²) in [6, 6.07) is 12.4. The van der Waals surface area contributed by atoms with Crippen LogP contribution in [-0.4, -0.2) is 31.9 Å². The number of nitrogens with one attached hydrogen (secondary N) is 1. The number of carbonyl (C=O) groups is 2. The zero-order valence-corrected chi connectivity index (χ0v) is 18.4. The maximum atomic E-state index is 13.2. The minimum Gasteiger partial charge on any atom is -0.478 e. The van der Waals surface area contributed by atoms with E-state index in [9.17, 15) is 22.8 Å². The Labute approximate surface area is 200 Å². The highest BCUT2D eigenvalue weighted by Gasteiger charge is 2.30. The Morgan fingerprint density at radius 3 is 2.33 bits per heavy atom. The molecule has 5 aromatic rings. The van der Waals surface area contributed by atoms with E-state index in [1.54, 1.807) is 29.1 Å². The summed E-state index contributed by atoms with van der Waals surface area (Å²) in [7, 11) is 0. The number of hydrogen-bond acceptors (Lipinski definition) is 5. The molecular weight excluding hydrogens is 477 g/mol. The Balaban J connectivity index is 1.46. The zero-order valence-electron chi connectivity index (χ0n) is 18.4. The molecule has 0 saturated heterocycles. The first-order valence-electron chi connectivity index (χ1n) is 10.7. The highest BCUT2D eigenvalue weighted by atomic mass is 19.4. The molecular formula is C25H17F3N4O4. The molecule has 2 N–H and O–H groups in total. The summed E-state index contributed by atoms with van der Waals surface area (Å²) in [6.07, 6.45) is -1.37. The molecule has 11 heteroatoms. The van der Waals surface area contributed by atoms with Crippen molar-refractivity contribution in [2.75, 3.05) is 0 Å². The smallest absolute Gasteiger partial charge is 0.416 e. The van der Waals surface area contributed by atoms with Crippen molar-refractivity contribution >= 4 is 33.7 Å². The molecule has 0 aliphatic carbocycles. The van der Waals surface area contributed by atoms with Gasteiger partial charge in [0.25, 0.3) is 5.91 Å². The van der Waals surface area contributed by atoms with Gasteiger partial charge in [-0.15, -0.1) is 0 Å². The molecule has 8 nitrogen and oxygen atoms in total. The van der Waals surface area contributed by atoms with Gasteiger partial charge in [-0.05, 0) is 41.5 Å². The van der Waals surface area contributed by atoms with Crippen LogP contribution in [0.25, 0.3) is 21.9 Å². The van der Waals surface area contributed by atoms with Crippen LogP contribution in [0.1, 0.15) is 37.4 Å². The van der Waals surface area contributed by atoms with Gasteiger partial charge in [-0.2, -0.15) is 18.3 Å². The number of carbonyl (C=O) groups excluding carboxylic acids is 1. The van der Waals surface area contributed by atoms with Gasteiger partial charge in [-0.1, -0.05) is 29.4 Å². The number of benzene rings is 3. The monoisotopic (exact) mass is 494 g/mol. The van der Waals surface area contributed by atoms with E-state index in [0.717, 1.165) is 12.1 Å². The number of hydrogen-bond donors (Lipinski definition) is 2. The molecule has 0 aliphatic heterocycles. The van der Waals surface area contributed by atoms with E-state index in [0.29, 0.717) is 33.0 Å². The number of fused-ring (bicyclic) bond motifs is 3. The molecule has 0 aliphatic rings. The van der Waals surface area contributed by atoms with Gasteiger partial charge < -0.3 is 14.9 Å². The van der Waals surface area contributed by atoms with Gasteiger partial charge in [0, 0.05) is 11.9 Å². The number of carboxylic acid groups (broad SMARTS) is 1. The van der Waals surface area contributed by atoms with Gasteiger partial charge in [-0.25, -0.2) is 4.79 Å². The fourth-order valence-corrected chi connectivity index (χ4v) is 3.93. The van der Waals surface area contributed by atoms with E-state index < -0.39 is 23.6 Å². The van der Waals surface area contributed by atoms with E-state index in [1.807, 2.05) is 0 Å². The molecule has 36 heavy (non-hydrogen) atoms. The van der Waals surface area contributed by atoms with Crippen LogP contribution >= 0.6 is 0 Å². The Morgan fingerprint density at radius 2 is 1.67 bits per heavy atom. The van der Waals surface area contributed by atoms with Crippen LogP contribution in [0.5, 0.6) is 0 Å². The minimum atomic E-state index is -4.43. The van der Waals surface area contributed by atoms with Crippen molar-refractivity contribution in [1.29, 1.82) is 0 Å². The van der Waals surface area contributed by atoms with Crippen LogP contribution < -0.4 is 5.32 Å². The van der Waals surface area contributed by atoms with Crippen LogP contribution in [0, 0.1) is 0 Å². The first-order chi connectivity index (χ1) is 17.2. The van der Waals surface area contributed by atoms with Crippen molar-refractivity contribution in [2.45, 2.75) is 19.3 Å². The molecule has 0 atom stereocenters. The zero-order chi connectivity index (χ0) is 25.4. The first-order valence-corrected chi connectivity index (χ1v) is 10.7. The van der Waals surface area contributed by atoms with Crippen LogP contribution in [0.4, 0.5) is 13.2 Å². The van der Waals surface area contributed by atoms with Crippen LogP contribution in [0.15, 0.2) is 71.5 Å². The Morgan fingerprint density at radius 1 is 0.972 bits per heavy atom. The quantitative estimate of drug-likeness (QED) is 0.348. The lowest BCUT2D eigenvalue weighted by Crippen LogP contribution is -2.23. The van der Waals surface area contributed by atoms with Crippen molar-refractivity contribution in [3.8, 4) is 0 Å². The van der Waals surface area contributed by atoms with Crippen LogP contribution in [-0.2, 0) is 19.3 Å². The fourth-order valence-electron chi connectivity index (χ4n) is 3.93. The molecule has 0 fully saturated rings. The van der Waals surface area contributed by atoms with Crippen molar-refractivity contribution in [2.24, 2.45) is 0 Å². The maximum absolute atomic E-state index is 13.2. The van der Waals surface area contributed by atoms with Crippen molar-refractivity contribution in [3.63, 3.8) is 0 Å². The van der Waals surface area contributed by atoms with Gasteiger partial charge >= 0.3 is 12.1 Å². The van der Waals surface area contributed by atoms with Crippen molar-refractivity contribution in [3.05, 3.63) is 94.8 Å². The topological polar surface area (TPSA) is 110 Å². The number of aromatic carboxylic acids is 1. The summed E-state index contributed by atoms with van der Waals surface area (Å²) in [5.41, 5.74) is 1.76. The average Bonchev–Trinajstić information content (AvgIpc) is 3.49. The van der Waals surface area contributed by atoms with Crippen LogP contribution in [0.3, 0.4) is 0 Å². The van der Waals surface area contributed by atoms with Gasteiger partial charge in [0.05, 0.1) is 46.5 Å². The number of halogens is 3. The second kappa shape index (κ2) is 8.84. The second-order valence-electron chi connectivity index (χ2n) is 8.11. The summed E-state index contributed by atoms with van der Waals surface area (Å²) in [5, 5.41) is 21.2. The largest absolute Gasteiger partial charge is 0.478 e. The van der Waals surface area contributed by atoms with Crippen molar-refractivity contribution < 1.29 is 32.4 Å². The molecule has 0 saturated carbocycles. The number of rotatable bonds is 6. The number of aromatic nitrogens is 3. The molecule has 2 heterocycles. The number of amides is 1. The number of carboxylic acids is 1. The second-order valence-corrected chi connectivity index (χ2v) is 8.11. The lowest BCUT2D eigenvalue weighted by Gasteiger charge is -2.11. The Hall–Kier alpha value is -4.67. The molecule has 5 rings (SSSR count). The number of nitrogens with zero attached hydrogens (tertiary/aromatic N) is 3. The molecule has 2 aromatic heterocycles. The summed E-state index contributed by atoms with van der Waals surface area (Å²) < 4.78 is 45.5. The highest BCUT2D eigenvalue weighted by molar-refractivity contribution is 6.14. The normalized spacial score (nSPS) is 11.8. The molecule has 182 valence electrons. The minimum absolute atomic E-state index is 0.134. The predicted octanol–water partition coefficient (Wildman–Crippen LogP) is 4.87. The lowest BCUT2D eigenvalue weighted by molar-refractivity contribution is -0.137. The average molecular weight is 494 g/mol. The molecule has 0 radical (unpaired) electrons. The Kier molecular flexibility index (Phi) is 5.67. The molecule has 0 spiro atoms. The van der Waals surface area contributed by atoms with E-state index in [4.69, 9.17) is 9.63 Å². The van der Waals surface area contributed by atoms with E-state index >= 15 is 0 Å². The lowest BCUT2D eigenvalue weighted by atomic mass is 10.1. The van der Waals surface area contributed by atoms with E-state index in [1.165, 1.54) is 30.5 Å². The predicted molar refractivity (Wildman–Crippen MR) is 122 cm³/mol. The van der Waals surface area contributed by atoms with E-state index in [2.05, 4.69) is 15.6 Å². The highest BCUT2D eigenvalue weighted by Crippen LogP contribution is 2.31. The molecule has 0 unspecified atom stereocenters. The number of alkyl halides is 3. The first kappa shape index (κ1) is 23.1.